The molecule has 1 nitrogen and oxygen atoms in total. The molecular formula is C11H13ClFN. The number of rotatable bonds is 1. The molecule has 1 aliphatic carbocycles. The molecule has 2 rings (SSSR count). The van der Waals surface area contributed by atoms with Crippen molar-refractivity contribution in [3.63, 3.8) is 0 Å². The topological polar surface area (TPSA) is 26.0 Å². The van der Waals surface area contributed by atoms with Gasteiger partial charge in [-0.3, -0.25) is 0 Å². The van der Waals surface area contributed by atoms with E-state index in [4.69, 9.17) is 17.3 Å². The lowest BCUT2D eigenvalue weighted by Crippen LogP contribution is -2.22. The van der Waals surface area contributed by atoms with Crippen LogP contribution in [0.4, 0.5) is 4.39 Å². The van der Waals surface area contributed by atoms with Gasteiger partial charge in [0.15, 0.2) is 0 Å². The van der Waals surface area contributed by atoms with Crippen molar-refractivity contribution in [3.8, 4) is 0 Å². The van der Waals surface area contributed by atoms with Crippen LogP contribution in [0, 0.1) is 19.7 Å². The SMILES string of the molecule is Cc1cc(Cl)c(F)c(C2(N)CC2)c1C. The Kier molecular flexibility index (Phi) is 2.09. The summed E-state index contributed by atoms with van der Waals surface area (Å²) in [5.74, 6) is -0.338. The molecule has 2 N–H and O–H groups in total. The van der Waals surface area contributed by atoms with Gasteiger partial charge in [0.05, 0.1) is 5.02 Å². The minimum absolute atomic E-state index is 0.180. The molecule has 1 saturated carbocycles. The van der Waals surface area contributed by atoms with Crippen molar-refractivity contribution in [1.29, 1.82) is 0 Å². The second-order valence-corrected chi connectivity index (χ2v) is 4.55. The first-order valence-electron chi connectivity index (χ1n) is 4.70. The Labute approximate surface area is 88.1 Å². The molecule has 0 radical (unpaired) electrons. The van der Waals surface area contributed by atoms with Gasteiger partial charge in [0.2, 0.25) is 0 Å². The molecule has 76 valence electrons. The van der Waals surface area contributed by atoms with Crippen LogP contribution in [0.3, 0.4) is 0 Å². The van der Waals surface area contributed by atoms with Crippen molar-refractivity contribution in [2.45, 2.75) is 32.2 Å². The van der Waals surface area contributed by atoms with Crippen LogP contribution in [0.2, 0.25) is 5.02 Å². The lowest BCUT2D eigenvalue weighted by molar-refractivity contribution is 0.574. The highest BCUT2D eigenvalue weighted by atomic mass is 35.5. The summed E-state index contributed by atoms with van der Waals surface area (Å²) in [5, 5.41) is 0.180. The van der Waals surface area contributed by atoms with Crippen LogP contribution >= 0.6 is 11.6 Å². The fraction of sp³-hybridized carbons (Fsp3) is 0.455. The van der Waals surface area contributed by atoms with Gasteiger partial charge in [0, 0.05) is 11.1 Å². The number of benzene rings is 1. The Bertz CT molecular complexity index is 371. The zero-order valence-electron chi connectivity index (χ0n) is 8.32. The van der Waals surface area contributed by atoms with E-state index in [-0.39, 0.29) is 10.8 Å². The average Bonchev–Trinajstić information content (AvgIpc) is 2.81. The van der Waals surface area contributed by atoms with Gasteiger partial charge in [-0.25, -0.2) is 4.39 Å². The van der Waals surface area contributed by atoms with Crippen LogP contribution < -0.4 is 5.73 Å². The summed E-state index contributed by atoms with van der Waals surface area (Å²) in [6.07, 6.45) is 1.70. The molecule has 1 aliphatic rings. The smallest absolute Gasteiger partial charge is 0.147 e. The van der Waals surface area contributed by atoms with Crippen LogP contribution in [0.1, 0.15) is 29.5 Å². The molecule has 0 aliphatic heterocycles. The van der Waals surface area contributed by atoms with Crippen LogP contribution in [0.25, 0.3) is 0 Å². The molecule has 0 atom stereocenters. The van der Waals surface area contributed by atoms with E-state index in [2.05, 4.69) is 0 Å². The molecule has 1 aromatic rings. The highest BCUT2D eigenvalue weighted by Gasteiger charge is 2.43. The van der Waals surface area contributed by atoms with Crippen LogP contribution in [-0.2, 0) is 5.54 Å². The first kappa shape index (κ1) is 9.94. The van der Waals surface area contributed by atoms with Gasteiger partial charge in [0.25, 0.3) is 0 Å². The Balaban J connectivity index is 2.68. The summed E-state index contributed by atoms with van der Waals surface area (Å²) in [6.45, 7) is 3.83. The molecule has 0 saturated heterocycles. The van der Waals surface area contributed by atoms with E-state index in [9.17, 15) is 4.39 Å². The quantitative estimate of drug-likeness (QED) is 0.763. The van der Waals surface area contributed by atoms with Crippen molar-refractivity contribution >= 4 is 11.6 Å². The first-order chi connectivity index (χ1) is 6.46. The Morgan fingerprint density at radius 3 is 2.50 bits per heavy atom. The van der Waals surface area contributed by atoms with Crippen molar-refractivity contribution in [1.82, 2.24) is 0 Å². The largest absolute Gasteiger partial charge is 0.321 e. The lowest BCUT2D eigenvalue weighted by atomic mass is 9.95. The van der Waals surface area contributed by atoms with Crippen LogP contribution in [0.5, 0.6) is 0 Å². The molecule has 0 spiro atoms. The Morgan fingerprint density at radius 2 is 2.00 bits per heavy atom. The summed E-state index contributed by atoms with van der Waals surface area (Å²) in [4.78, 5) is 0. The molecule has 14 heavy (non-hydrogen) atoms. The first-order valence-corrected chi connectivity index (χ1v) is 5.08. The number of aryl methyl sites for hydroxylation is 1. The van der Waals surface area contributed by atoms with Crippen LogP contribution in [0.15, 0.2) is 6.07 Å². The van der Waals surface area contributed by atoms with Gasteiger partial charge in [0.1, 0.15) is 5.82 Å². The highest BCUT2D eigenvalue weighted by molar-refractivity contribution is 6.30. The predicted molar refractivity (Wildman–Crippen MR) is 56.0 cm³/mol. The summed E-state index contributed by atoms with van der Waals surface area (Å²) in [5.41, 5.74) is 8.11. The maximum Gasteiger partial charge on any atom is 0.147 e. The zero-order valence-corrected chi connectivity index (χ0v) is 9.08. The minimum Gasteiger partial charge on any atom is -0.321 e. The van der Waals surface area contributed by atoms with Gasteiger partial charge in [-0.2, -0.15) is 0 Å². The van der Waals surface area contributed by atoms with E-state index in [1.165, 1.54) is 0 Å². The molecule has 0 heterocycles. The summed E-state index contributed by atoms with van der Waals surface area (Å²) >= 11 is 5.79. The fourth-order valence-corrected chi connectivity index (χ4v) is 2.08. The molecule has 0 unspecified atom stereocenters. The molecule has 0 aromatic heterocycles. The van der Waals surface area contributed by atoms with Gasteiger partial charge in [-0.15, -0.1) is 0 Å². The molecule has 0 bridgehead atoms. The van der Waals surface area contributed by atoms with Gasteiger partial charge >= 0.3 is 0 Å². The third-order valence-electron chi connectivity index (χ3n) is 3.03. The number of hydrogen-bond donors (Lipinski definition) is 1. The third-order valence-corrected chi connectivity index (χ3v) is 3.30. The number of nitrogens with two attached hydrogens (primary N) is 1. The van der Waals surface area contributed by atoms with Crippen LogP contribution in [-0.4, -0.2) is 0 Å². The van der Waals surface area contributed by atoms with E-state index >= 15 is 0 Å². The maximum atomic E-state index is 13.8. The molecule has 1 fully saturated rings. The Hall–Kier alpha value is -0.600. The highest BCUT2D eigenvalue weighted by Crippen LogP contribution is 2.46. The van der Waals surface area contributed by atoms with E-state index in [0.29, 0.717) is 5.56 Å². The third kappa shape index (κ3) is 1.33. The summed E-state index contributed by atoms with van der Waals surface area (Å²) < 4.78 is 13.8. The molecule has 1 aromatic carbocycles. The predicted octanol–water partition coefficient (Wildman–Crippen LogP) is 3.04. The Morgan fingerprint density at radius 1 is 1.43 bits per heavy atom. The van der Waals surface area contributed by atoms with E-state index in [1.54, 1.807) is 6.07 Å². The van der Waals surface area contributed by atoms with E-state index in [0.717, 1.165) is 24.0 Å². The van der Waals surface area contributed by atoms with E-state index < -0.39 is 5.54 Å². The standard InChI is InChI=1S/C11H13ClFN/c1-6-5-8(12)10(13)9(7(6)2)11(14)3-4-11/h5H,3-4,14H2,1-2H3. The van der Waals surface area contributed by atoms with Gasteiger partial charge in [-0.05, 0) is 43.9 Å². The molecule has 0 amide bonds. The van der Waals surface area contributed by atoms with Gasteiger partial charge < -0.3 is 5.73 Å². The number of hydrogen-bond acceptors (Lipinski definition) is 1. The lowest BCUT2D eigenvalue weighted by Gasteiger charge is -2.16. The minimum atomic E-state index is -0.455. The normalized spacial score (nSPS) is 18.4. The second-order valence-electron chi connectivity index (χ2n) is 4.15. The van der Waals surface area contributed by atoms with Crippen molar-refractivity contribution < 1.29 is 4.39 Å². The summed E-state index contributed by atoms with van der Waals surface area (Å²) in [7, 11) is 0. The molecule has 3 heteroatoms. The van der Waals surface area contributed by atoms with Crippen molar-refractivity contribution in [2.75, 3.05) is 0 Å². The van der Waals surface area contributed by atoms with Crippen molar-refractivity contribution in [3.05, 3.63) is 33.6 Å². The fourth-order valence-electron chi connectivity index (χ4n) is 1.82. The monoisotopic (exact) mass is 213 g/mol. The maximum absolute atomic E-state index is 13.8. The number of halogens is 2. The van der Waals surface area contributed by atoms with Crippen molar-refractivity contribution in [2.24, 2.45) is 5.73 Å². The average molecular weight is 214 g/mol. The van der Waals surface area contributed by atoms with E-state index in [1.807, 2.05) is 13.8 Å². The summed E-state index contributed by atoms with van der Waals surface area (Å²) in [6, 6.07) is 1.65. The van der Waals surface area contributed by atoms with Gasteiger partial charge in [-0.1, -0.05) is 11.6 Å². The molecular weight excluding hydrogens is 201 g/mol. The second kappa shape index (κ2) is 2.94. The zero-order chi connectivity index (χ0) is 10.5.